The van der Waals surface area contributed by atoms with Crippen LogP contribution in [0.5, 0.6) is 0 Å². The Morgan fingerprint density at radius 2 is 1.62 bits per heavy atom. The van der Waals surface area contributed by atoms with Crippen molar-refractivity contribution < 1.29 is 14.3 Å². The summed E-state index contributed by atoms with van der Waals surface area (Å²) in [6.07, 6.45) is -0.620. The van der Waals surface area contributed by atoms with Crippen molar-refractivity contribution in [1.82, 2.24) is 4.98 Å². The highest BCUT2D eigenvalue weighted by Gasteiger charge is 2.18. The molecule has 144 valence electrons. The first-order valence-electron chi connectivity index (χ1n) is 8.85. The highest BCUT2D eigenvalue weighted by Crippen LogP contribution is 2.36. The van der Waals surface area contributed by atoms with Crippen LogP contribution in [0.3, 0.4) is 0 Å². The number of hydrogen-bond acceptors (Lipinski definition) is 5. The van der Waals surface area contributed by atoms with Crippen molar-refractivity contribution >= 4 is 44.2 Å². The predicted molar refractivity (Wildman–Crippen MR) is 115 cm³/mol. The van der Waals surface area contributed by atoms with Crippen LogP contribution in [0.2, 0.25) is 0 Å². The zero-order valence-electron chi connectivity index (χ0n) is 15.5. The van der Waals surface area contributed by atoms with Gasteiger partial charge in [0.15, 0.2) is 5.13 Å². The average molecular weight is 403 g/mol. The van der Waals surface area contributed by atoms with Gasteiger partial charge in [-0.3, -0.25) is 10.1 Å². The van der Waals surface area contributed by atoms with E-state index in [-0.39, 0.29) is 5.91 Å². The molecule has 7 heteroatoms. The van der Waals surface area contributed by atoms with Crippen LogP contribution in [0.25, 0.3) is 22.0 Å². The lowest BCUT2D eigenvalue weighted by atomic mass is 10.1. The number of rotatable bonds is 4. The third-order valence-electron chi connectivity index (χ3n) is 4.31. The number of nitrogens with zero attached hydrogens (tertiary/aromatic N) is 1. The molecular weight excluding hydrogens is 386 g/mol. The van der Waals surface area contributed by atoms with E-state index in [9.17, 15) is 9.59 Å². The summed E-state index contributed by atoms with van der Waals surface area (Å²) >= 11 is 1.17. The fourth-order valence-corrected chi connectivity index (χ4v) is 3.76. The zero-order valence-corrected chi connectivity index (χ0v) is 16.3. The monoisotopic (exact) mass is 403 g/mol. The van der Waals surface area contributed by atoms with E-state index in [2.05, 4.69) is 20.4 Å². The fraction of sp³-hybridized carbons (Fsp3) is 0.0455. The van der Waals surface area contributed by atoms with Crippen LogP contribution >= 0.6 is 11.3 Å². The number of nitrogens with one attached hydrogen (secondary N) is 2. The summed E-state index contributed by atoms with van der Waals surface area (Å²) in [5.41, 5.74) is 1.95. The smallest absolute Gasteiger partial charge is 0.413 e. The van der Waals surface area contributed by atoms with Crippen molar-refractivity contribution in [3.05, 3.63) is 78.4 Å². The second kappa shape index (κ2) is 8.12. The van der Waals surface area contributed by atoms with E-state index in [0.717, 1.165) is 16.3 Å². The van der Waals surface area contributed by atoms with Gasteiger partial charge >= 0.3 is 6.09 Å². The fourth-order valence-electron chi connectivity index (χ4n) is 2.89. The Balaban J connectivity index is 1.67. The third kappa shape index (κ3) is 4.09. The van der Waals surface area contributed by atoms with E-state index in [1.54, 1.807) is 6.07 Å². The topological polar surface area (TPSA) is 80.3 Å². The lowest BCUT2D eigenvalue weighted by Crippen LogP contribution is -2.11. The summed E-state index contributed by atoms with van der Waals surface area (Å²) in [6, 6.07) is 22.9. The lowest BCUT2D eigenvalue weighted by Gasteiger charge is -2.06. The first kappa shape index (κ1) is 18.6. The van der Waals surface area contributed by atoms with Gasteiger partial charge in [0.1, 0.15) is 10.7 Å². The minimum Gasteiger partial charge on any atom is -0.453 e. The molecule has 0 bridgehead atoms. The zero-order chi connectivity index (χ0) is 20.2. The van der Waals surface area contributed by atoms with Crippen LogP contribution in [0.1, 0.15) is 10.4 Å². The van der Waals surface area contributed by atoms with E-state index in [1.165, 1.54) is 18.4 Å². The van der Waals surface area contributed by atoms with Crippen LogP contribution in [-0.2, 0) is 4.74 Å². The van der Waals surface area contributed by atoms with E-state index >= 15 is 0 Å². The first-order valence-corrected chi connectivity index (χ1v) is 9.67. The number of methoxy groups -OCH3 is 1. The SMILES string of the molecule is COC(=O)Nc1nc(-c2ccccc2)c(NC(=O)c2ccc3ccccc3c2)s1. The van der Waals surface area contributed by atoms with Gasteiger partial charge in [0, 0.05) is 11.1 Å². The summed E-state index contributed by atoms with van der Waals surface area (Å²) in [5, 5.41) is 8.41. The molecule has 0 fully saturated rings. The van der Waals surface area contributed by atoms with Gasteiger partial charge in [-0.25, -0.2) is 9.78 Å². The van der Waals surface area contributed by atoms with Gasteiger partial charge in [0.05, 0.1) is 7.11 Å². The van der Waals surface area contributed by atoms with Crippen molar-refractivity contribution in [2.45, 2.75) is 0 Å². The number of aromatic nitrogens is 1. The maximum Gasteiger partial charge on any atom is 0.413 e. The predicted octanol–water partition coefficient (Wildman–Crippen LogP) is 5.39. The largest absolute Gasteiger partial charge is 0.453 e. The van der Waals surface area contributed by atoms with Crippen LogP contribution in [0.4, 0.5) is 14.9 Å². The number of carbonyl (C=O) groups excluding carboxylic acids is 2. The van der Waals surface area contributed by atoms with Gasteiger partial charge in [0.25, 0.3) is 5.91 Å². The maximum absolute atomic E-state index is 12.9. The summed E-state index contributed by atoms with van der Waals surface area (Å²) < 4.78 is 4.63. The maximum atomic E-state index is 12.9. The lowest BCUT2D eigenvalue weighted by molar-refractivity contribution is 0.102. The molecule has 0 aliphatic carbocycles. The standard InChI is InChI=1S/C22H17N3O3S/c1-28-22(27)25-21-23-18(15-8-3-2-4-9-15)20(29-21)24-19(26)17-12-11-14-7-5-6-10-16(14)13-17/h2-13H,1H3,(H,24,26)(H,23,25,27). The van der Waals surface area contributed by atoms with E-state index in [4.69, 9.17) is 0 Å². The van der Waals surface area contributed by atoms with Crippen molar-refractivity contribution in [2.24, 2.45) is 0 Å². The van der Waals surface area contributed by atoms with Crippen LogP contribution < -0.4 is 10.6 Å². The van der Waals surface area contributed by atoms with Crippen molar-refractivity contribution in [3.63, 3.8) is 0 Å². The molecule has 0 unspecified atom stereocenters. The van der Waals surface area contributed by atoms with Crippen LogP contribution in [0, 0.1) is 0 Å². The van der Waals surface area contributed by atoms with Crippen LogP contribution in [0.15, 0.2) is 72.8 Å². The second-order valence-corrected chi connectivity index (χ2v) is 7.19. The van der Waals surface area contributed by atoms with Gasteiger partial charge in [-0.15, -0.1) is 0 Å². The van der Waals surface area contributed by atoms with Crippen molar-refractivity contribution in [1.29, 1.82) is 0 Å². The number of benzene rings is 3. The molecule has 6 nitrogen and oxygen atoms in total. The molecule has 1 heterocycles. The molecule has 0 aliphatic heterocycles. The number of carbonyl (C=O) groups is 2. The Labute approximate surface area is 171 Å². The molecule has 3 aromatic carbocycles. The number of anilines is 2. The number of thiazole rings is 1. The number of hydrogen-bond donors (Lipinski definition) is 2. The normalized spacial score (nSPS) is 10.5. The van der Waals surface area contributed by atoms with Gasteiger partial charge < -0.3 is 10.1 Å². The Hall–Kier alpha value is -3.71. The molecule has 0 aliphatic rings. The molecule has 0 radical (unpaired) electrons. The Kier molecular flexibility index (Phi) is 5.22. The van der Waals surface area contributed by atoms with Crippen LogP contribution in [-0.4, -0.2) is 24.1 Å². The number of fused-ring (bicyclic) bond motifs is 1. The highest BCUT2D eigenvalue weighted by molar-refractivity contribution is 7.20. The molecule has 4 rings (SSSR count). The highest BCUT2D eigenvalue weighted by atomic mass is 32.1. The molecule has 1 aromatic heterocycles. The third-order valence-corrected chi connectivity index (χ3v) is 5.19. The Morgan fingerprint density at radius 3 is 2.38 bits per heavy atom. The summed E-state index contributed by atoms with van der Waals surface area (Å²) in [5.74, 6) is -0.249. The van der Waals surface area contributed by atoms with Gasteiger partial charge in [-0.2, -0.15) is 0 Å². The van der Waals surface area contributed by atoms with Crippen molar-refractivity contribution in [2.75, 3.05) is 17.7 Å². The Bertz CT molecular complexity index is 1190. The van der Waals surface area contributed by atoms with E-state index in [1.807, 2.05) is 66.7 Å². The van der Waals surface area contributed by atoms with E-state index in [0.29, 0.717) is 21.4 Å². The van der Waals surface area contributed by atoms with Crippen molar-refractivity contribution in [3.8, 4) is 11.3 Å². The summed E-state index contributed by atoms with van der Waals surface area (Å²) in [7, 11) is 1.28. The minimum absolute atomic E-state index is 0.249. The molecule has 0 saturated heterocycles. The quantitative estimate of drug-likeness (QED) is 0.478. The molecule has 2 amide bonds. The van der Waals surface area contributed by atoms with E-state index < -0.39 is 6.09 Å². The second-order valence-electron chi connectivity index (χ2n) is 6.20. The molecule has 0 spiro atoms. The summed E-state index contributed by atoms with van der Waals surface area (Å²) in [4.78, 5) is 28.9. The molecule has 2 N–H and O–H groups in total. The molecular formula is C22H17N3O3S. The van der Waals surface area contributed by atoms with Gasteiger partial charge in [-0.1, -0.05) is 72.0 Å². The molecule has 29 heavy (non-hydrogen) atoms. The number of ether oxygens (including phenoxy) is 1. The first-order chi connectivity index (χ1) is 14.1. The Morgan fingerprint density at radius 1 is 0.897 bits per heavy atom. The summed E-state index contributed by atoms with van der Waals surface area (Å²) in [6.45, 7) is 0. The van der Waals surface area contributed by atoms with Gasteiger partial charge in [0.2, 0.25) is 0 Å². The molecule has 0 atom stereocenters. The number of amides is 2. The van der Waals surface area contributed by atoms with Gasteiger partial charge in [-0.05, 0) is 22.9 Å². The average Bonchev–Trinajstić information content (AvgIpc) is 3.15. The molecule has 0 saturated carbocycles. The molecule has 4 aromatic rings. The minimum atomic E-state index is -0.620.